The molecular weight excluding hydrogens is 224 g/mol. The smallest absolute Gasteiger partial charge is 0.0826 e. The van der Waals surface area contributed by atoms with Gasteiger partial charge in [0, 0.05) is 32.2 Å². The molecule has 3 nitrogen and oxygen atoms in total. The lowest BCUT2D eigenvalue weighted by Crippen LogP contribution is -2.50. The van der Waals surface area contributed by atoms with Gasteiger partial charge in [-0.25, -0.2) is 0 Å². The van der Waals surface area contributed by atoms with Gasteiger partial charge >= 0.3 is 0 Å². The predicted molar refractivity (Wildman–Crippen MR) is 75.9 cm³/mol. The molecule has 106 valence electrons. The Bertz CT molecular complexity index is 245. The lowest BCUT2D eigenvalue weighted by Gasteiger charge is -2.42. The summed E-state index contributed by atoms with van der Waals surface area (Å²) in [6.07, 6.45) is 5.97. The van der Waals surface area contributed by atoms with Gasteiger partial charge in [-0.05, 0) is 38.5 Å². The van der Waals surface area contributed by atoms with Crippen molar-refractivity contribution >= 4 is 0 Å². The van der Waals surface area contributed by atoms with Crippen molar-refractivity contribution in [2.24, 2.45) is 5.41 Å². The first-order valence-electron chi connectivity index (χ1n) is 7.71. The highest BCUT2D eigenvalue weighted by Gasteiger charge is 2.34. The molecule has 0 aromatic carbocycles. The zero-order valence-electron chi connectivity index (χ0n) is 12.4. The van der Waals surface area contributed by atoms with Crippen molar-refractivity contribution in [3.63, 3.8) is 0 Å². The second-order valence-electron chi connectivity index (χ2n) is 6.42. The molecule has 1 aliphatic carbocycles. The molecule has 1 aliphatic heterocycles. The van der Waals surface area contributed by atoms with Gasteiger partial charge in [0.1, 0.15) is 0 Å². The predicted octanol–water partition coefficient (Wildman–Crippen LogP) is 2.27. The minimum Gasteiger partial charge on any atom is -0.374 e. The van der Waals surface area contributed by atoms with Crippen LogP contribution in [0.15, 0.2) is 0 Å². The average Bonchev–Trinajstić information content (AvgIpc) is 2.33. The molecule has 1 saturated carbocycles. The fourth-order valence-electron chi connectivity index (χ4n) is 3.17. The third kappa shape index (κ3) is 3.46. The summed E-state index contributed by atoms with van der Waals surface area (Å²) in [6, 6.07) is 0.644. The number of nitrogens with zero attached hydrogens (tertiary/aromatic N) is 1. The van der Waals surface area contributed by atoms with Crippen LogP contribution in [-0.4, -0.2) is 49.8 Å². The molecule has 1 heterocycles. The van der Waals surface area contributed by atoms with E-state index in [2.05, 4.69) is 31.0 Å². The summed E-state index contributed by atoms with van der Waals surface area (Å²) in [5.41, 5.74) is 0.617. The monoisotopic (exact) mass is 254 g/mol. The van der Waals surface area contributed by atoms with Gasteiger partial charge in [-0.3, -0.25) is 4.90 Å². The molecular formula is C15H30N2O. The molecule has 0 spiro atoms. The first-order chi connectivity index (χ1) is 8.65. The Kier molecular flexibility index (Phi) is 5.05. The van der Waals surface area contributed by atoms with E-state index in [9.17, 15) is 0 Å². The maximum absolute atomic E-state index is 5.85. The number of rotatable bonds is 6. The zero-order valence-corrected chi connectivity index (χ0v) is 12.4. The van der Waals surface area contributed by atoms with Crippen molar-refractivity contribution in [1.29, 1.82) is 0 Å². The number of hydrogen-bond donors (Lipinski definition) is 1. The Balaban J connectivity index is 1.67. The van der Waals surface area contributed by atoms with Crippen LogP contribution in [-0.2, 0) is 4.74 Å². The maximum Gasteiger partial charge on any atom is 0.0826 e. The topological polar surface area (TPSA) is 24.5 Å². The third-order valence-electron chi connectivity index (χ3n) is 4.94. The van der Waals surface area contributed by atoms with Gasteiger partial charge < -0.3 is 10.1 Å². The fraction of sp³-hybridized carbons (Fsp3) is 1.00. The lowest BCUT2D eigenvalue weighted by atomic mass is 9.67. The largest absolute Gasteiger partial charge is 0.374 e. The molecule has 0 radical (unpaired) electrons. The number of morpholine rings is 1. The SMILES string of the molecule is CCC1(CNCC2CN(C(C)C)CCO2)CCC1. The normalized spacial score (nSPS) is 28.3. The van der Waals surface area contributed by atoms with Crippen LogP contribution in [0.25, 0.3) is 0 Å². The molecule has 0 aromatic heterocycles. The van der Waals surface area contributed by atoms with Crippen molar-refractivity contribution < 1.29 is 4.74 Å². The number of nitrogens with one attached hydrogen (secondary N) is 1. The minimum absolute atomic E-state index is 0.384. The Labute approximate surface area is 112 Å². The molecule has 0 aromatic rings. The molecule has 1 unspecified atom stereocenters. The highest BCUT2D eigenvalue weighted by atomic mass is 16.5. The van der Waals surface area contributed by atoms with Crippen LogP contribution >= 0.6 is 0 Å². The molecule has 1 saturated heterocycles. The van der Waals surface area contributed by atoms with E-state index in [0.717, 1.165) is 26.2 Å². The van der Waals surface area contributed by atoms with E-state index in [0.29, 0.717) is 17.6 Å². The van der Waals surface area contributed by atoms with Crippen LogP contribution in [0.2, 0.25) is 0 Å². The van der Waals surface area contributed by atoms with Crippen molar-refractivity contribution in [2.45, 2.75) is 58.6 Å². The molecule has 18 heavy (non-hydrogen) atoms. The van der Waals surface area contributed by atoms with E-state index >= 15 is 0 Å². The quantitative estimate of drug-likeness (QED) is 0.787. The molecule has 0 amide bonds. The Morgan fingerprint density at radius 3 is 2.72 bits per heavy atom. The van der Waals surface area contributed by atoms with Gasteiger partial charge in [-0.1, -0.05) is 13.3 Å². The summed E-state index contributed by atoms with van der Waals surface area (Å²) in [5.74, 6) is 0. The van der Waals surface area contributed by atoms with E-state index in [4.69, 9.17) is 4.74 Å². The summed E-state index contributed by atoms with van der Waals surface area (Å²) >= 11 is 0. The number of hydrogen-bond acceptors (Lipinski definition) is 3. The maximum atomic E-state index is 5.85. The van der Waals surface area contributed by atoms with Gasteiger partial charge in [-0.15, -0.1) is 0 Å². The van der Waals surface area contributed by atoms with Gasteiger partial charge in [0.2, 0.25) is 0 Å². The Hall–Kier alpha value is -0.120. The second-order valence-corrected chi connectivity index (χ2v) is 6.42. The second kappa shape index (κ2) is 6.36. The molecule has 2 aliphatic rings. The summed E-state index contributed by atoms with van der Waals surface area (Å²) in [6.45, 7) is 12.2. The average molecular weight is 254 g/mol. The van der Waals surface area contributed by atoms with Gasteiger partial charge in [0.05, 0.1) is 12.7 Å². The molecule has 2 fully saturated rings. The Morgan fingerprint density at radius 1 is 1.39 bits per heavy atom. The summed E-state index contributed by atoms with van der Waals surface area (Å²) in [4.78, 5) is 2.52. The van der Waals surface area contributed by atoms with Crippen LogP contribution in [0.4, 0.5) is 0 Å². The van der Waals surface area contributed by atoms with Crippen LogP contribution in [0, 0.1) is 5.41 Å². The van der Waals surface area contributed by atoms with E-state index in [1.165, 1.54) is 32.2 Å². The van der Waals surface area contributed by atoms with E-state index in [1.54, 1.807) is 0 Å². The first kappa shape index (κ1) is 14.3. The molecule has 3 heteroatoms. The van der Waals surface area contributed by atoms with E-state index in [-0.39, 0.29) is 0 Å². The van der Waals surface area contributed by atoms with Gasteiger partial charge in [-0.2, -0.15) is 0 Å². The van der Waals surface area contributed by atoms with Crippen LogP contribution in [0.3, 0.4) is 0 Å². The highest BCUT2D eigenvalue weighted by molar-refractivity contribution is 4.89. The molecule has 1 atom stereocenters. The molecule has 2 rings (SSSR count). The van der Waals surface area contributed by atoms with Gasteiger partial charge in [0.15, 0.2) is 0 Å². The third-order valence-corrected chi connectivity index (χ3v) is 4.94. The van der Waals surface area contributed by atoms with Crippen LogP contribution < -0.4 is 5.32 Å². The fourth-order valence-corrected chi connectivity index (χ4v) is 3.17. The minimum atomic E-state index is 0.384. The molecule has 0 bridgehead atoms. The molecule has 1 N–H and O–H groups in total. The lowest BCUT2D eigenvalue weighted by molar-refractivity contribution is -0.0389. The first-order valence-corrected chi connectivity index (χ1v) is 7.71. The van der Waals surface area contributed by atoms with Crippen molar-refractivity contribution in [3.8, 4) is 0 Å². The summed E-state index contributed by atoms with van der Waals surface area (Å²) in [7, 11) is 0. The van der Waals surface area contributed by atoms with E-state index in [1.807, 2.05) is 0 Å². The standard InChI is InChI=1S/C15H30N2O/c1-4-15(6-5-7-15)12-16-10-14-11-17(13(2)3)8-9-18-14/h13-14,16H,4-12H2,1-3H3. The van der Waals surface area contributed by atoms with Crippen LogP contribution in [0.5, 0.6) is 0 Å². The summed E-state index contributed by atoms with van der Waals surface area (Å²) in [5, 5.41) is 3.66. The van der Waals surface area contributed by atoms with Crippen molar-refractivity contribution in [3.05, 3.63) is 0 Å². The van der Waals surface area contributed by atoms with Crippen molar-refractivity contribution in [1.82, 2.24) is 10.2 Å². The number of ether oxygens (including phenoxy) is 1. The van der Waals surface area contributed by atoms with Gasteiger partial charge in [0.25, 0.3) is 0 Å². The van der Waals surface area contributed by atoms with E-state index < -0.39 is 0 Å². The summed E-state index contributed by atoms with van der Waals surface area (Å²) < 4.78 is 5.85. The zero-order chi connectivity index (χ0) is 13.0. The highest BCUT2D eigenvalue weighted by Crippen LogP contribution is 2.42. The van der Waals surface area contributed by atoms with Crippen LogP contribution in [0.1, 0.15) is 46.5 Å². The Morgan fingerprint density at radius 2 is 2.17 bits per heavy atom. The van der Waals surface area contributed by atoms with Crippen molar-refractivity contribution in [2.75, 3.05) is 32.8 Å².